The van der Waals surface area contributed by atoms with Gasteiger partial charge in [-0.25, -0.2) is 0 Å². The van der Waals surface area contributed by atoms with Gasteiger partial charge >= 0.3 is 0 Å². The van der Waals surface area contributed by atoms with Gasteiger partial charge in [0.1, 0.15) is 0 Å². The van der Waals surface area contributed by atoms with Crippen molar-refractivity contribution in [1.82, 2.24) is 9.88 Å². The Morgan fingerprint density at radius 3 is 2.90 bits per heavy atom. The molecule has 0 radical (unpaired) electrons. The molecule has 3 aromatic rings. The summed E-state index contributed by atoms with van der Waals surface area (Å²) in [6.07, 6.45) is 5.26. The largest absolute Gasteiger partial charge is 0.472 e. The maximum Gasteiger partial charge on any atom is 0.189 e. The lowest BCUT2D eigenvalue weighted by Gasteiger charge is -2.11. The van der Waals surface area contributed by atoms with Gasteiger partial charge in [0, 0.05) is 42.8 Å². The number of rotatable bonds is 5. The fourth-order valence-electron chi connectivity index (χ4n) is 2.28. The van der Waals surface area contributed by atoms with Gasteiger partial charge in [-0.1, -0.05) is 12.1 Å². The molecule has 1 aromatic carbocycles. The van der Waals surface area contributed by atoms with Crippen molar-refractivity contribution in [2.24, 2.45) is 0 Å². The van der Waals surface area contributed by atoms with Gasteiger partial charge in [-0.3, -0.25) is 4.79 Å². The molecule has 3 rings (SSSR count). The Bertz CT molecular complexity index is 745. The van der Waals surface area contributed by atoms with Gasteiger partial charge in [0.15, 0.2) is 5.43 Å². The van der Waals surface area contributed by atoms with E-state index in [0.29, 0.717) is 0 Å². The van der Waals surface area contributed by atoms with E-state index in [1.807, 2.05) is 36.5 Å². The Kier molecular flexibility index (Phi) is 3.65. The van der Waals surface area contributed by atoms with Crippen molar-refractivity contribution in [3.8, 4) is 0 Å². The summed E-state index contributed by atoms with van der Waals surface area (Å²) in [5.74, 6) is 0. The van der Waals surface area contributed by atoms with E-state index >= 15 is 0 Å². The first kappa shape index (κ1) is 12.7. The molecular formula is C16H16N2O2. The quantitative estimate of drug-likeness (QED) is 0.723. The second-order valence-electron chi connectivity index (χ2n) is 4.70. The molecule has 0 aliphatic carbocycles. The minimum absolute atomic E-state index is 0.0724. The molecule has 0 unspecified atom stereocenters. The van der Waals surface area contributed by atoms with Crippen LogP contribution in [0.5, 0.6) is 0 Å². The number of para-hydroxylation sites is 1. The van der Waals surface area contributed by atoms with Gasteiger partial charge in [-0.05, 0) is 18.2 Å². The summed E-state index contributed by atoms with van der Waals surface area (Å²) in [5, 5.41) is 4.12. The number of benzene rings is 1. The Hall–Kier alpha value is -2.33. The average molecular weight is 268 g/mol. The molecule has 0 fully saturated rings. The van der Waals surface area contributed by atoms with Crippen LogP contribution in [-0.2, 0) is 13.1 Å². The van der Waals surface area contributed by atoms with E-state index in [9.17, 15) is 4.79 Å². The number of pyridine rings is 1. The summed E-state index contributed by atoms with van der Waals surface area (Å²) in [4.78, 5) is 11.8. The molecule has 2 aromatic heterocycles. The smallest absolute Gasteiger partial charge is 0.189 e. The van der Waals surface area contributed by atoms with Crippen LogP contribution in [0.4, 0.5) is 0 Å². The van der Waals surface area contributed by atoms with Crippen molar-refractivity contribution in [3.63, 3.8) is 0 Å². The highest BCUT2D eigenvalue weighted by Crippen LogP contribution is 2.08. The standard InChI is InChI=1S/C16H16N2O2/c19-16-5-8-18(15-4-2-1-3-14(15)16)9-7-17-11-13-6-10-20-12-13/h1-6,8,10,12,17H,7,9,11H2. The maximum atomic E-state index is 11.8. The van der Waals surface area contributed by atoms with E-state index in [1.165, 1.54) is 0 Å². The first-order chi connectivity index (χ1) is 9.84. The zero-order valence-corrected chi connectivity index (χ0v) is 11.1. The number of nitrogens with one attached hydrogen (secondary N) is 1. The normalized spacial score (nSPS) is 11.0. The molecule has 0 atom stereocenters. The lowest BCUT2D eigenvalue weighted by molar-refractivity contribution is 0.557. The van der Waals surface area contributed by atoms with Crippen molar-refractivity contribution in [1.29, 1.82) is 0 Å². The van der Waals surface area contributed by atoms with Crippen LogP contribution in [0.25, 0.3) is 10.9 Å². The zero-order valence-electron chi connectivity index (χ0n) is 11.1. The first-order valence-corrected chi connectivity index (χ1v) is 6.64. The Labute approximate surface area is 116 Å². The molecule has 0 aliphatic rings. The van der Waals surface area contributed by atoms with Crippen LogP contribution < -0.4 is 10.7 Å². The maximum absolute atomic E-state index is 11.8. The van der Waals surface area contributed by atoms with Crippen LogP contribution in [-0.4, -0.2) is 11.1 Å². The second-order valence-corrected chi connectivity index (χ2v) is 4.70. The molecule has 0 aliphatic heterocycles. The van der Waals surface area contributed by atoms with E-state index < -0.39 is 0 Å². The number of hydrogen-bond acceptors (Lipinski definition) is 3. The summed E-state index contributed by atoms with van der Waals surface area (Å²) in [6, 6.07) is 11.3. The average Bonchev–Trinajstić information content (AvgIpc) is 2.99. The third-order valence-corrected chi connectivity index (χ3v) is 3.32. The van der Waals surface area contributed by atoms with Crippen LogP contribution in [0.15, 0.2) is 64.3 Å². The predicted molar refractivity (Wildman–Crippen MR) is 78.6 cm³/mol. The summed E-state index contributed by atoms with van der Waals surface area (Å²) in [5.41, 5.74) is 2.18. The Morgan fingerprint density at radius 2 is 2.05 bits per heavy atom. The molecule has 20 heavy (non-hydrogen) atoms. The molecule has 4 nitrogen and oxygen atoms in total. The lowest BCUT2D eigenvalue weighted by atomic mass is 10.2. The molecule has 0 saturated heterocycles. The molecule has 0 spiro atoms. The van der Waals surface area contributed by atoms with Crippen LogP contribution in [0.1, 0.15) is 5.56 Å². The van der Waals surface area contributed by atoms with Gasteiger partial charge in [-0.2, -0.15) is 0 Å². The van der Waals surface area contributed by atoms with Gasteiger partial charge in [0.2, 0.25) is 0 Å². The third kappa shape index (κ3) is 2.65. The Morgan fingerprint density at radius 1 is 1.15 bits per heavy atom. The molecule has 0 bridgehead atoms. The molecule has 2 heterocycles. The number of nitrogens with zero attached hydrogens (tertiary/aromatic N) is 1. The molecule has 102 valence electrons. The predicted octanol–water partition coefficient (Wildman–Crippen LogP) is 2.38. The molecule has 0 amide bonds. The number of fused-ring (bicyclic) bond motifs is 1. The van der Waals surface area contributed by atoms with Crippen molar-refractivity contribution in [3.05, 3.63) is 70.9 Å². The van der Waals surface area contributed by atoms with Crippen molar-refractivity contribution in [2.75, 3.05) is 6.54 Å². The summed E-state index contributed by atoms with van der Waals surface area (Å²) >= 11 is 0. The highest BCUT2D eigenvalue weighted by molar-refractivity contribution is 5.78. The van der Waals surface area contributed by atoms with Crippen molar-refractivity contribution in [2.45, 2.75) is 13.1 Å². The molecule has 4 heteroatoms. The van der Waals surface area contributed by atoms with Gasteiger partial charge < -0.3 is 14.3 Å². The van der Waals surface area contributed by atoms with E-state index in [4.69, 9.17) is 4.42 Å². The monoisotopic (exact) mass is 268 g/mol. The molecule has 1 N–H and O–H groups in total. The van der Waals surface area contributed by atoms with Crippen LogP contribution in [0.2, 0.25) is 0 Å². The zero-order chi connectivity index (χ0) is 13.8. The fourth-order valence-corrected chi connectivity index (χ4v) is 2.28. The highest BCUT2D eigenvalue weighted by atomic mass is 16.3. The summed E-state index contributed by atoms with van der Waals surface area (Å²) in [7, 11) is 0. The van der Waals surface area contributed by atoms with E-state index in [-0.39, 0.29) is 5.43 Å². The van der Waals surface area contributed by atoms with Crippen LogP contribution in [0, 0.1) is 0 Å². The number of hydrogen-bond donors (Lipinski definition) is 1. The van der Waals surface area contributed by atoms with Gasteiger partial charge in [0.25, 0.3) is 0 Å². The van der Waals surface area contributed by atoms with Crippen LogP contribution in [0.3, 0.4) is 0 Å². The number of furan rings is 1. The summed E-state index contributed by atoms with van der Waals surface area (Å²) in [6.45, 7) is 2.44. The Balaban J connectivity index is 1.69. The van der Waals surface area contributed by atoms with E-state index in [1.54, 1.807) is 18.6 Å². The van der Waals surface area contributed by atoms with Gasteiger partial charge in [-0.15, -0.1) is 0 Å². The van der Waals surface area contributed by atoms with Gasteiger partial charge in [0.05, 0.1) is 18.0 Å². The van der Waals surface area contributed by atoms with Crippen LogP contribution >= 0.6 is 0 Å². The van der Waals surface area contributed by atoms with E-state index in [2.05, 4.69) is 9.88 Å². The highest BCUT2D eigenvalue weighted by Gasteiger charge is 2.01. The lowest BCUT2D eigenvalue weighted by Crippen LogP contribution is -2.20. The number of aromatic nitrogens is 1. The first-order valence-electron chi connectivity index (χ1n) is 6.64. The minimum atomic E-state index is 0.0724. The van der Waals surface area contributed by atoms with Crippen molar-refractivity contribution >= 4 is 10.9 Å². The topological polar surface area (TPSA) is 47.2 Å². The molecule has 0 saturated carbocycles. The minimum Gasteiger partial charge on any atom is -0.472 e. The third-order valence-electron chi connectivity index (χ3n) is 3.32. The van der Waals surface area contributed by atoms with E-state index in [0.717, 1.165) is 36.1 Å². The fraction of sp³-hybridized carbons (Fsp3) is 0.188. The summed E-state index contributed by atoms with van der Waals surface area (Å²) < 4.78 is 7.12. The van der Waals surface area contributed by atoms with Crippen molar-refractivity contribution < 1.29 is 4.42 Å². The molecular weight excluding hydrogens is 252 g/mol. The SMILES string of the molecule is O=c1ccn(CCNCc2ccoc2)c2ccccc12. The second kappa shape index (κ2) is 5.75.